The van der Waals surface area contributed by atoms with Crippen molar-refractivity contribution in [2.24, 2.45) is 0 Å². The number of aromatic carboxylic acids is 1. The number of esters is 1. The van der Waals surface area contributed by atoms with Gasteiger partial charge in [0.25, 0.3) is 0 Å². The first kappa shape index (κ1) is 62.5. The number of hydrogen-bond donors (Lipinski definition) is 4. The van der Waals surface area contributed by atoms with Crippen molar-refractivity contribution >= 4 is 27.8 Å². The van der Waals surface area contributed by atoms with Gasteiger partial charge in [-0.1, -0.05) is 100 Å². The Labute approximate surface area is 412 Å². The van der Waals surface area contributed by atoms with Gasteiger partial charge in [0.2, 0.25) is 63.9 Å². The van der Waals surface area contributed by atoms with E-state index in [9.17, 15) is 53.5 Å². The Morgan fingerprint density at radius 3 is 1.19 bits per heavy atom. The first-order chi connectivity index (χ1) is 30.8. The Balaban J connectivity index is 0.000000887. The largest absolute Gasteiger partial charge is 1.00 e. The molecule has 0 radical (unpaired) electrons. The van der Waals surface area contributed by atoms with Crippen LogP contribution in [-0.4, -0.2) is 89.9 Å². The molecule has 4 N–H and O–H groups in total. The van der Waals surface area contributed by atoms with Crippen molar-refractivity contribution in [1.82, 2.24) is 30.8 Å². The van der Waals surface area contributed by atoms with Crippen LogP contribution in [0.15, 0.2) is 48.5 Å². The molecule has 25 heteroatoms. The smallest absolute Gasteiger partial charge is 0.503 e. The maximum atomic E-state index is 13.6. The zero-order chi connectivity index (χ0) is 49.0. The van der Waals surface area contributed by atoms with Crippen LogP contribution in [0, 0.1) is 70.6 Å². The third-order valence-corrected chi connectivity index (χ3v) is 14.1. The molecule has 0 amide bonds. The van der Waals surface area contributed by atoms with E-state index in [1.807, 2.05) is 0 Å². The second kappa shape index (κ2) is 31.6. The van der Waals surface area contributed by atoms with Crippen LogP contribution in [0.4, 0.5) is 43.9 Å². The number of carboxylic acids is 1. The zero-order valence-electron chi connectivity index (χ0n) is 36.0. The molecule has 2 heterocycles. The quantitative estimate of drug-likeness (QED) is 0.0144. The number of H-pyrrole nitrogens is 2. The van der Waals surface area contributed by atoms with E-state index in [2.05, 4.69) is 89.5 Å². The number of nitrogens with one attached hydrogen (secondary N) is 2. The van der Waals surface area contributed by atoms with Crippen LogP contribution in [0.5, 0.6) is 11.5 Å². The minimum Gasteiger partial charge on any atom is -0.503 e. The predicted molar refractivity (Wildman–Crippen MR) is 224 cm³/mol. The first-order valence-corrected chi connectivity index (χ1v) is 23.0. The van der Waals surface area contributed by atoms with E-state index in [1.165, 1.54) is 67.3 Å². The van der Waals surface area contributed by atoms with E-state index in [1.54, 1.807) is 18.2 Å². The second-order valence-corrected chi connectivity index (χ2v) is 19.0. The zero-order valence-corrected chi connectivity index (χ0v) is 42.2. The summed E-state index contributed by atoms with van der Waals surface area (Å²) in [5.74, 6) is -28.2. The van der Waals surface area contributed by atoms with Gasteiger partial charge in [0.05, 0.1) is 0 Å². The van der Waals surface area contributed by atoms with E-state index in [-0.39, 0.29) is 55.9 Å². The molecule has 4 aromatic carbocycles. The van der Waals surface area contributed by atoms with Crippen LogP contribution in [0.25, 0.3) is 22.5 Å². The van der Waals surface area contributed by atoms with Gasteiger partial charge in [-0.15, -0.1) is 51.2 Å². The molecule has 2 aromatic heterocycles. The van der Waals surface area contributed by atoms with Crippen LogP contribution in [0.2, 0.25) is 0 Å². The average molecular weight is 1360 g/mol. The Bertz CT molecular complexity index is 2300. The molecule has 0 aliphatic carbocycles. The van der Waals surface area contributed by atoms with Crippen molar-refractivity contribution < 1.29 is 113 Å². The predicted octanol–water partition coefficient (Wildman–Crippen LogP) is 11.3. The Morgan fingerprint density at radius 2 is 0.881 bits per heavy atom. The number of aromatic hydroxyl groups is 1. The van der Waals surface area contributed by atoms with E-state index in [0.717, 1.165) is 0 Å². The van der Waals surface area contributed by atoms with Gasteiger partial charge in [0.1, 0.15) is 0 Å². The molecule has 0 fully saturated rings. The Hall–Kier alpha value is -4.46. The summed E-state index contributed by atoms with van der Waals surface area (Å²) in [4.78, 5) is 22.7. The molecule has 372 valence electrons. The number of phenols is 1. The van der Waals surface area contributed by atoms with Crippen LogP contribution < -0.4 is 4.74 Å². The monoisotopic (exact) mass is 1360 g/mol. The van der Waals surface area contributed by atoms with Crippen molar-refractivity contribution in [3.05, 3.63) is 130 Å². The van der Waals surface area contributed by atoms with E-state index in [0.29, 0.717) is 38.4 Å². The molecule has 0 atom stereocenters. The molecule has 0 saturated heterocycles. The summed E-state index contributed by atoms with van der Waals surface area (Å²) < 4.78 is 131. The number of halogens is 10. The summed E-state index contributed by atoms with van der Waals surface area (Å²) in [5.41, 5.74) is 2.00. The minimum atomic E-state index is -2.35. The maximum Gasteiger partial charge on any atom is 1.00 e. The number of carbonyl (C=O) groups is 2. The van der Waals surface area contributed by atoms with Crippen molar-refractivity contribution in [1.29, 1.82) is 0 Å². The van der Waals surface area contributed by atoms with Crippen molar-refractivity contribution in [2.45, 2.75) is 41.5 Å². The topological polar surface area (TPSA) is 167 Å². The maximum absolute atomic E-state index is 13.6. The molecule has 0 saturated carbocycles. The fourth-order valence-corrected chi connectivity index (χ4v) is 7.66. The Morgan fingerprint density at radius 1 is 0.552 bits per heavy atom. The van der Waals surface area contributed by atoms with Gasteiger partial charge in [-0.25, -0.2) is 46.1 Å². The van der Waals surface area contributed by atoms with Gasteiger partial charge in [0.15, 0.2) is 5.75 Å². The fraction of sp³-hybridized carbons (Fsp3) is 0.286. The van der Waals surface area contributed by atoms with Crippen LogP contribution in [-0.2, 0) is 44.8 Å². The van der Waals surface area contributed by atoms with Gasteiger partial charge in [-0.2, -0.15) is 17.6 Å². The number of ether oxygens (including phenoxy) is 1. The molecule has 0 bridgehead atoms. The number of hydrogen-bond acceptors (Lipinski definition) is 8. The molecule has 67 heavy (non-hydrogen) atoms. The molecule has 11 nitrogen and oxygen atoms in total. The third-order valence-electron chi connectivity index (χ3n) is 8.77. The normalized spacial score (nSPS) is 10.1. The molecular formula is C42H42Au2F10N6O5P2. The van der Waals surface area contributed by atoms with E-state index < -0.39 is 81.6 Å². The number of phenolic OH excluding ortho intramolecular Hbond substituents is 1. The number of benzene rings is 4. The number of carboxylic acid groups (broad SMARTS) is 1. The summed E-state index contributed by atoms with van der Waals surface area (Å²) in [7, 11) is 0.892. The molecule has 6 rings (SSSR count). The number of nitrogens with zero attached hydrogens (tertiary/aromatic N) is 4. The summed E-state index contributed by atoms with van der Waals surface area (Å²) in [6, 6.07) is 11.9. The van der Waals surface area contributed by atoms with Crippen molar-refractivity contribution in [3.8, 4) is 34.0 Å². The van der Waals surface area contributed by atoms with Crippen molar-refractivity contribution in [3.63, 3.8) is 0 Å². The number of aromatic amines is 2. The van der Waals surface area contributed by atoms with Gasteiger partial charge in [0, 0.05) is 11.1 Å². The van der Waals surface area contributed by atoms with E-state index >= 15 is 0 Å². The molecular weight excluding hydrogens is 1310 g/mol. The van der Waals surface area contributed by atoms with Gasteiger partial charge < -0.3 is 14.9 Å². The third kappa shape index (κ3) is 18.2. The molecule has 0 spiro atoms. The molecule has 0 aliphatic heterocycles. The van der Waals surface area contributed by atoms with Gasteiger partial charge in [-0.05, 0) is 37.0 Å². The van der Waals surface area contributed by atoms with Crippen molar-refractivity contribution in [2.75, 3.05) is 37.0 Å². The van der Waals surface area contributed by atoms with Gasteiger partial charge in [-0.3, -0.25) is 10.2 Å². The fourth-order valence-electron chi connectivity index (χ4n) is 4.98. The van der Waals surface area contributed by atoms with Crippen LogP contribution in [0.1, 0.15) is 62.3 Å². The second-order valence-electron chi connectivity index (χ2n) is 12.5. The van der Waals surface area contributed by atoms with E-state index in [4.69, 9.17) is 10.2 Å². The SMILES string of the molecule is CCP(CC)CC.CCP(CC)CC.O=C(O)c1cccc(-c2[c-]nn[nH]2)c1.O=C(Oc1c(F)c(F)c(F)c(F)c1F)c1cccc(-c2[c-]nn[nH]2)c1.Oc1c(F)c(F)c(F)c(F)c1F.[Au+].[Au+]. The van der Waals surface area contributed by atoms with Gasteiger partial charge >= 0.3 is 56.7 Å². The standard InChI is InChI=1S/C15H5F5N3O2.C9H6N3O2.C6HF5O.2C6H15P.2Au/c16-9-10(17)12(19)14(13(20)11(9)18)25-15(24)7-3-1-2-6(4-7)8-5-21-23-22-8;13-9(14)7-3-1-2-6(4-7)8-5-10-12-11-8;7-1-2(8)4(10)6(12)5(11)3(1)9;2*1-4-7(5-2)6-3;;/h1-4H,(H,21,22,23);1-4H,(H,13,14)(H,10,11,12);12H;2*4-6H2,1-3H3;;/q2*-1;;;;2*+1. The number of rotatable bonds is 11. The summed E-state index contributed by atoms with van der Waals surface area (Å²) in [6.07, 6.45) is 13.6. The number of carbonyl (C=O) groups excluding carboxylic acids is 1. The minimum absolute atomic E-state index is 0. The number of aromatic nitrogens is 6. The first-order valence-electron chi connectivity index (χ1n) is 19.2. The molecule has 0 unspecified atom stereocenters. The Kier molecular flexibility index (Phi) is 29.5. The van der Waals surface area contributed by atoms with Crippen LogP contribution in [0.3, 0.4) is 0 Å². The average Bonchev–Trinajstić information content (AvgIpc) is 4.09. The summed E-state index contributed by atoms with van der Waals surface area (Å²) in [6.45, 7) is 13.7. The van der Waals surface area contributed by atoms with Crippen LogP contribution >= 0.6 is 15.8 Å². The molecule has 0 aliphatic rings. The summed E-state index contributed by atoms with van der Waals surface area (Å²) in [5, 5.41) is 36.0. The molecule has 6 aromatic rings. The summed E-state index contributed by atoms with van der Waals surface area (Å²) >= 11 is 0.